The number of hydrogen-bond donors (Lipinski definition) is 3. The van der Waals surface area contributed by atoms with Gasteiger partial charge in [-0.3, -0.25) is 19.8 Å². The molecule has 2 aliphatic rings. The first-order valence-corrected chi connectivity index (χ1v) is 22.1. The molecule has 60 heavy (non-hydrogen) atoms. The van der Waals surface area contributed by atoms with E-state index >= 15 is 0 Å². The second-order valence-electron chi connectivity index (χ2n) is 16.6. The Hall–Kier alpha value is -5.41. The Balaban J connectivity index is 1.11. The fourth-order valence-electron chi connectivity index (χ4n) is 8.08. The highest BCUT2D eigenvalue weighted by atomic mass is 35.5. The summed E-state index contributed by atoms with van der Waals surface area (Å²) < 4.78 is 35.9. The third-order valence-electron chi connectivity index (χ3n) is 11.3. The van der Waals surface area contributed by atoms with Crippen molar-refractivity contribution in [3.63, 3.8) is 0 Å². The molecule has 1 saturated heterocycles. The number of benzene rings is 4. The van der Waals surface area contributed by atoms with E-state index < -0.39 is 31.4 Å². The number of ether oxygens (including phenoxy) is 1. The van der Waals surface area contributed by atoms with Gasteiger partial charge in [-0.15, -0.1) is 0 Å². The zero-order valence-corrected chi connectivity index (χ0v) is 36.0. The molecule has 15 heteroatoms. The minimum atomic E-state index is -4.54. The van der Waals surface area contributed by atoms with Crippen molar-refractivity contribution >= 4 is 61.1 Å². The normalized spacial score (nSPS) is 16.0. The first-order valence-electron chi connectivity index (χ1n) is 20.2. The number of allylic oxidation sites excluding steroid dienone is 1. The maximum atomic E-state index is 13.9. The van der Waals surface area contributed by atoms with Gasteiger partial charge in [-0.25, -0.2) is 13.1 Å². The Bertz CT molecular complexity index is 2510. The minimum Gasteiger partial charge on any atom is -0.456 e. The summed E-state index contributed by atoms with van der Waals surface area (Å²) in [6.45, 7) is 9.92. The standard InChI is InChI=1S/C45H52ClN7O6S/c1-45(2)19-17-36(31-9-11-33(46)12-10-31)32(29-45)30-51-23-25-52(26-24-51)34-13-15-38(43(27-34)59-42-8-5-7-39-37(42)18-21-48-39)44(54)49-60(57,58)35-14-16-40(41(28-35)53(55)56)47-20-6-22-50(3)4/h5,7-16,18,21,27-28,47-48H,6,17,19-20,22-26,29-30H2,1-4H3,(H,49,54). The Morgan fingerprint density at radius 2 is 1.75 bits per heavy atom. The number of carbonyl (C=O) groups is 1. The number of anilines is 2. The van der Waals surface area contributed by atoms with Crippen LogP contribution in [0.1, 0.15) is 55.5 Å². The third-order valence-corrected chi connectivity index (χ3v) is 12.9. The zero-order valence-electron chi connectivity index (χ0n) is 34.5. The molecule has 5 aromatic rings. The van der Waals surface area contributed by atoms with E-state index in [0.717, 1.165) is 92.6 Å². The number of nitro benzene ring substituents is 1. The number of carbonyl (C=O) groups excluding carboxylic acids is 1. The van der Waals surface area contributed by atoms with E-state index in [9.17, 15) is 23.3 Å². The smallest absolute Gasteiger partial charge is 0.293 e. The first kappa shape index (κ1) is 42.7. The summed E-state index contributed by atoms with van der Waals surface area (Å²) in [5.41, 5.74) is 5.78. The third kappa shape index (κ3) is 10.1. The second kappa shape index (κ2) is 18.1. The van der Waals surface area contributed by atoms with E-state index in [1.165, 1.54) is 28.8 Å². The Morgan fingerprint density at radius 3 is 2.48 bits per heavy atom. The fraction of sp³-hybridized carbons (Fsp3) is 0.356. The van der Waals surface area contributed by atoms with Gasteiger partial charge in [-0.2, -0.15) is 0 Å². The molecule has 4 aromatic carbocycles. The van der Waals surface area contributed by atoms with Crippen LogP contribution in [0.5, 0.6) is 11.5 Å². The Morgan fingerprint density at radius 1 is 0.983 bits per heavy atom. The van der Waals surface area contributed by atoms with Gasteiger partial charge in [-0.05, 0) is 117 Å². The van der Waals surface area contributed by atoms with Crippen LogP contribution >= 0.6 is 11.6 Å². The van der Waals surface area contributed by atoms with E-state index in [-0.39, 0.29) is 22.4 Å². The SMILES string of the molecule is CN(C)CCCNc1ccc(S(=O)(=O)NC(=O)c2ccc(N3CCN(CC4=C(c5ccc(Cl)cc5)CCC(C)(C)C4)CC3)cc2Oc2cccc3[nH]ccc23)cc1[N+](=O)[O-]. The lowest BCUT2D eigenvalue weighted by molar-refractivity contribution is -0.384. The molecular formula is C45H52ClN7O6S. The van der Waals surface area contributed by atoms with Crippen molar-refractivity contribution in [1.82, 2.24) is 19.5 Å². The van der Waals surface area contributed by atoms with Crippen molar-refractivity contribution < 1.29 is 22.9 Å². The molecule has 0 radical (unpaired) electrons. The molecule has 0 saturated carbocycles. The van der Waals surface area contributed by atoms with Crippen molar-refractivity contribution in [2.24, 2.45) is 5.41 Å². The van der Waals surface area contributed by atoms with Crippen molar-refractivity contribution in [3.8, 4) is 11.5 Å². The van der Waals surface area contributed by atoms with Crippen LogP contribution in [-0.2, 0) is 10.0 Å². The molecule has 2 heterocycles. The number of piperazine rings is 1. The summed E-state index contributed by atoms with van der Waals surface area (Å²) in [7, 11) is -0.676. The first-order chi connectivity index (χ1) is 28.7. The van der Waals surface area contributed by atoms with Gasteiger partial charge < -0.3 is 24.8 Å². The van der Waals surface area contributed by atoms with Crippen molar-refractivity contribution in [1.29, 1.82) is 0 Å². The van der Waals surface area contributed by atoms with Gasteiger partial charge >= 0.3 is 0 Å². The summed E-state index contributed by atoms with van der Waals surface area (Å²) in [6.07, 6.45) is 5.72. The van der Waals surface area contributed by atoms with Gasteiger partial charge in [0.15, 0.2) is 0 Å². The lowest BCUT2D eigenvalue weighted by atomic mass is 9.73. The largest absolute Gasteiger partial charge is 0.456 e. The van der Waals surface area contributed by atoms with Gasteiger partial charge in [0, 0.05) is 79.2 Å². The van der Waals surface area contributed by atoms with Gasteiger partial charge in [0.2, 0.25) is 0 Å². The lowest BCUT2D eigenvalue weighted by Crippen LogP contribution is -2.47. The van der Waals surface area contributed by atoms with Crippen LogP contribution < -0.4 is 19.7 Å². The number of nitrogens with zero attached hydrogens (tertiary/aromatic N) is 4. The molecule has 316 valence electrons. The molecule has 1 aliphatic heterocycles. The van der Waals surface area contributed by atoms with Crippen LogP contribution in [0.2, 0.25) is 5.02 Å². The molecule has 1 aliphatic carbocycles. The number of halogens is 1. The number of rotatable bonds is 15. The molecule has 13 nitrogen and oxygen atoms in total. The predicted octanol–water partition coefficient (Wildman–Crippen LogP) is 8.79. The number of nitro groups is 1. The van der Waals surface area contributed by atoms with E-state index in [2.05, 4.69) is 50.8 Å². The molecule has 0 unspecified atom stereocenters. The number of fused-ring (bicyclic) bond motifs is 1. The molecule has 1 fully saturated rings. The summed E-state index contributed by atoms with van der Waals surface area (Å²) in [4.78, 5) is 34.8. The Kier molecular flexibility index (Phi) is 12.9. The second-order valence-corrected chi connectivity index (χ2v) is 18.7. The molecule has 1 aromatic heterocycles. The summed E-state index contributed by atoms with van der Waals surface area (Å²) in [6, 6.07) is 24.3. The maximum absolute atomic E-state index is 13.9. The number of nitrogens with one attached hydrogen (secondary N) is 3. The van der Waals surface area contributed by atoms with Gasteiger partial charge in [0.05, 0.1) is 15.4 Å². The van der Waals surface area contributed by atoms with E-state index in [0.29, 0.717) is 12.3 Å². The van der Waals surface area contributed by atoms with Gasteiger partial charge in [-0.1, -0.05) is 49.2 Å². The number of amides is 1. The zero-order chi connectivity index (χ0) is 42.6. The minimum absolute atomic E-state index is 0.0104. The summed E-state index contributed by atoms with van der Waals surface area (Å²) >= 11 is 6.23. The molecule has 0 bridgehead atoms. The number of hydrogen-bond acceptors (Lipinski definition) is 10. The van der Waals surface area contributed by atoms with E-state index in [1.54, 1.807) is 30.5 Å². The highest BCUT2D eigenvalue weighted by Crippen LogP contribution is 2.43. The molecule has 7 rings (SSSR count). The van der Waals surface area contributed by atoms with Crippen LogP contribution in [0.15, 0.2) is 102 Å². The molecule has 3 N–H and O–H groups in total. The highest BCUT2D eigenvalue weighted by Gasteiger charge is 2.30. The van der Waals surface area contributed by atoms with Crippen molar-refractivity contribution in [2.45, 2.75) is 44.4 Å². The van der Waals surface area contributed by atoms with Crippen LogP contribution in [0.3, 0.4) is 0 Å². The van der Waals surface area contributed by atoms with E-state index in [1.807, 2.05) is 49.3 Å². The molecule has 0 spiro atoms. The van der Waals surface area contributed by atoms with Crippen LogP contribution in [-0.4, -0.2) is 93.9 Å². The molecule has 0 atom stereocenters. The van der Waals surface area contributed by atoms with Crippen LogP contribution in [0.25, 0.3) is 16.5 Å². The van der Waals surface area contributed by atoms with E-state index in [4.69, 9.17) is 16.3 Å². The fourth-order valence-corrected chi connectivity index (χ4v) is 9.19. The monoisotopic (exact) mass is 853 g/mol. The summed E-state index contributed by atoms with van der Waals surface area (Å²) in [5.74, 6) is -0.282. The van der Waals surface area contributed by atoms with Gasteiger partial charge in [0.1, 0.15) is 17.2 Å². The maximum Gasteiger partial charge on any atom is 0.293 e. The topological polar surface area (TPSA) is 153 Å². The van der Waals surface area contributed by atoms with Gasteiger partial charge in [0.25, 0.3) is 21.6 Å². The average Bonchev–Trinajstić information content (AvgIpc) is 3.70. The predicted molar refractivity (Wildman–Crippen MR) is 239 cm³/mol. The van der Waals surface area contributed by atoms with Crippen molar-refractivity contribution in [2.75, 3.05) is 70.1 Å². The molecule has 1 amide bonds. The Labute approximate surface area is 356 Å². The summed E-state index contributed by atoms with van der Waals surface area (Å²) in [5, 5.41) is 16.5. The van der Waals surface area contributed by atoms with Crippen LogP contribution in [0, 0.1) is 15.5 Å². The quantitative estimate of drug-likeness (QED) is 0.0529. The van der Waals surface area contributed by atoms with Crippen molar-refractivity contribution in [3.05, 3.63) is 123 Å². The highest BCUT2D eigenvalue weighted by molar-refractivity contribution is 7.90. The number of H-pyrrole nitrogens is 1. The average molecular weight is 854 g/mol. The lowest BCUT2D eigenvalue weighted by Gasteiger charge is -2.39. The number of aromatic nitrogens is 1. The number of sulfonamides is 1. The number of aromatic amines is 1. The molecular weight excluding hydrogens is 802 g/mol. The van der Waals surface area contributed by atoms with Crippen LogP contribution in [0.4, 0.5) is 17.1 Å².